The van der Waals surface area contributed by atoms with Crippen LogP contribution in [0.25, 0.3) is 0 Å². The fourth-order valence-corrected chi connectivity index (χ4v) is 3.36. The molecule has 3 rings (SSSR count). The first-order valence-corrected chi connectivity index (χ1v) is 8.73. The summed E-state index contributed by atoms with van der Waals surface area (Å²) in [6, 6.07) is 0.907. The van der Waals surface area contributed by atoms with Gasteiger partial charge in [-0.05, 0) is 51.5 Å². The molecule has 120 valence electrons. The number of likely N-dealkylation sites (tertiary alicyclic amines) is 1. The minimum Gasteiger partial charge on any atom is -0.376 e. The van der Waals surface area contributed by atoms with Gasteiger partial charge in [0, 0.05) is 38.8 Å². The van der Waals surface area contributed by atoms with Crippen molar-refractivity contribution in [2.45, 2.75) is 51.2 Å². The summed E-state index contributed by atoms with van der Waals surface area (Å²) < 4.78 is 5.65. The van der Waals surface area contributed by atoms with Crippen LogP contribution in [0.5, 0.6) is 0 Å². The number of hydrogen-bond acceptors (Lipinski definition) is 3. The Labute approximate surface area is 128 Å². The minimum absolute atomic E-state index is 0.366. The van der Waals surface area contributed by atoms with Crippen molar-refractivity contribution in [2.75, 3.05) is 39.3 Å². The average Bonchev–Trinajstić information content (AvgIpc) is 3.03. The summed E-state index contributed by atoms with van der Waals surface area (Å²) in [4.78, 5) is 7.44. The summed E-state index contributed by atoms with van der Waals surface area (Å²) in [5.41, 5.74) is 0. The largest absolute Gasteiger partial charge is 0.376 e. The molecule has 0 spiro atoms. The van der Waals surface area contributed by atoms with Gasteiger partial charge in [0.25, 0.3) is 0 Å². The number of nitrogens with one attached hydrogen (secondary N) is 2. The van der Waals surface area contributed by atoms with Crippen LogP contribution in [0.2, 0.25) is 0 Å². The lowest BCUT2D eigenvalue weighted by atomic mass is 10.1. The Balaban J connectivity index is 1.41. The number of hydrogen-bond donors (Lipinski definition) is 2. The predicted molar refractivity (Wildman–Crippen MR) is 85.7 cm³/mol. The molecule has 2 saturated heterocycles. The summed E-state index contributed by atoms with van der Waals surface area (Å²) in [5, 5.41) is 6.78. The van der Waals surface area contributed by atoms with E-state index in [1.807, 2.05) is 0 Å². The highest BCUT2D eigenvalue weighted by Crippen LogP contribution is 2.31. The average molecular weight is 294 g/mol. The van der Waals surface area contributed by atoms with E-state index in [2.05, 4.69) is 22.5 Å². The Kier molecular flexibility index (Phi) is 5.36. The summed E-state index contributed by atoms with van der Waals surface area (Å²) >= 11 is 0. The molecule has 5 heteroatoms. The number of guanidine groups is 1. The van der Waals surface area contributed by atoms with Crippen LogP contribution < -0.4 is 10.6 Å². The van der Waals surface area contributed by atoms with E-state index in [9.17, 15) is 0 Å². The molecule has 3 fully saturated rings. The highest BCUT2D eigenvalue weighted by Gasteiger charge is 2.34. The van der Waals surface area contributed by atoms with Crippen LogP contribution in [0.3, 0.4) is 0 Å². The third-order valence-electron chi connectivity index (χ3n) is 4.75. The Hall–Kier alpha value is -0.810. The fourth-order valence-electron chi connectivity index (χ4n) is 3.36. The number of nitrogens with zero attached hydrogens (tertiary/aromatic N) is 2. The van der Waals surface area contributed by atoms with Crippen molar-refractivity contribution in [1.29, 1.82) is 0 Å². The molecule has 2 N–H and O–H groups in total. The van der Waals surface area contributed by atoms with Crippen LogP contribution in [0.1, 0.15) is 39.0 Å². The maximum absolute atomic E-state index is 5.65. The zero-order valence-electron chi connectivity index (χ0n) is 13.3. The maximum Gasteiger partial charge on any atom is 0.191 e. The highest BCUT2D eigenvalue weighted by atomic mass is 16.5. The summed E-state index contributed by atoms with van der Waals surface area (Å²) in [5.74, 6) is 1.70. The van der Waals surface area contributed by atoms with Crippen LogP contribution in [-0.2, 0) is 4.74 Å². The molecule has 3 aliphatic rings. The maximum atomic E-state index is 5.65. The van der Waals surface area contributed by atoms with Gasteiger partial charge in [-0.1, -0.05) is 0 Å². The molecule has 5 nitrogen and oxygen atoms in total. The van der Waals surface area contributed by atoms with Gasteiger partial charge in [-0.3, -0.25) is 4.99 Å². The second kappa shape index (κ2) is 7.45. The van der Waals surface area contributed by atoms with Crippen LogP contribution in [-0.4, -0.2) is 62.3 Å². The molecule has 2 heterocycles. The first-order chi connectivity index (χ1) is 10.3. The van der Waals surface area contributed by atoms with E-state index >= 15 is 0 Å². The number of ether oxygens (including phenoxy) is 1. The molecule has 2 aliphatic heterocycles. The topological polar surface area (TPSA) is 48.9 Å². The number of rotatable bonds is 6. The number of aliphatic imine (C=N–C) groups is 1. The Morgan fingerprint density at radius 2 is 2.14 bits per heavy atom. The smallest absolute Gasteiger partial charge is 0.191 e. The minimum atomic E-state index is 0.366. The van der Waals surface area contributed by atoms with Crippen molar-refractivity contribution in [1.82, 2.24) is 15.5 Å². The van der Waals surface area contributed by atoms with Gasteiger partial charge in [-0.25, -0.2) is 0 Å². The van der Waals surface area contributed by atoms with Gasteiger partial charge in [0.15, 0.2) is 5.96 Å². The lowest BCUT2D eigenvalue weighted by Gasteiger charge is -2.16. The Bertz CT molecular complexity index is 350. The van der Waals surface area contributed by atoms with E-state index < -0.39 is 0 Å². The highest BCUT2D eigenvalue weighted by molar-refractivity contribution is 5.79. The first kappa shape index (κ1) is 15.1. The van der Waals surface area contributed by atoms with Crippen molar-refractivity contribution >= 4 is 5.96 Å². The first-order valence-electron chi connectivity index (χ1n) is 8.73. The van der Waals surface area contributed by atoms with Crippen LogP contribution in [0, 0.1) is 5.92 Å². The molecule has 0 amide bonds. The van der Waals surface area contributed by atoms with E-state index in [0.29, 0.717) is 6.10 Å². The zero-order chi connectivity index (χ0) is 14.5. The summed E-state index contributed by atoms with van der Waals surface area (Å²) in [7, 11) is 0. The Morgan fingerprint density at radius 1 is 1.24 bits per heavy atom. The standard InChI is InChI=1S/C16H30N4O/c1-2-17-16(19-11-15-4-3-9-21-15)18-10-13-7-8-20(12-13)14-5-6-14/h13-15H,2-12H2,1H3,(H2,17,18,19). The SMILES string of the molecule is CCNC(=NCC1CCN(C2CC2)C1)NCC1CCCO1. The van der Waals surface area contributed by atoms with Crippen molar-refractivity contribution < 1.29 is 4.74 Å². The molecule has 1 aliphatic carbocycles. The molecule has 0 radical (unpaired) electrons. The van der Waals surface area contributed by atoms with E-state index in [1.54, 1.807) is 0 Å². The molecule has 2 unspecified atom stereocenters. The van der Waals surface area contributed by atoms with Crippen LogP contribution in [0.4, 0.5) is 0 Å². The molecular weight excluding hydrogens is 264 g/mol. The van der Waals surface area contributed by atoms with Crippen molar-refractivity contribution in [2.24, 2.45) is 10.9 Å². The lowest BCUT2D eigenvalue weighted by molar-refractivity contribution is 0.114. The molecule has 1 saturated carbocycles. The van der Waals surface area contributed by atoms with Gasteiger partial charge in [-0.2, -0.15) is 0 Å². The van der Waals surface area contributed by atoms with E-state index in [1.165, 1.54) is 45.2 Å². The second-order valence-electron chi connectivity index (χ2n) is 6.62. The third-order valence-corrected chi connectivity index (χ3v) is 4.75. The Morgan fingerprint density at radius 3 is 2.86 bits per heavy atom. The molecule has 21 heavy (non-hydrogen) atoms. The summed E-state index contributed by atoms with van der Waals surface area (Å²) in [6.07, 6.45) is 6.88. The van der Waals surface area contributed by atoms with E-state index in [-0.39, 0.29) is 0 Å². The third kappa shape index (κ3) is 4.58. The fraction of sp³-hybridized carbons (Fsp3) is 0.938. The zero-order valence-corrected chi connectivity index (χ0v) is 13.3. The lowest BCUT2D eigenvalue weighted by Crippen LogP contribution is -2.41. The predicted octanol–water partition coefficient (Wildman–Crippen LogP) is 1.20. The summed E-state index contributed by atoms with van der Waals surface area (Å²) in [6.45, 7) is 8.31. The molecule has 2 atom stereocenters. The van der Waals surface area contributed by atoms with Crippen molar-refractivity contribution in [3.63, 3.8) is 0 Å². The van der Waals surface area contributed by atoms with Crippen LogP contribution >= 0.6 is 0 Å². The molecule has 0 aromatic carbocycles. The quantitative estimate of drug-likeness (QED) is 0.571. The van der Waals surface area contributed by atoms with E-state index in [4.69, 9.17) is 9.73 Å². The van der Waals surface area contributed by atoms with Crippen LogP contribution in [0.15, 0.2) is 4.99 Å². The van der Waals surface area contributed by atoms with E-state index in [0.717, 1.165) is 44.2 Å². The molecular formula is C16H30N4O. The molecule has 0 aromatic heterocycles. The second-order valence-corrected chi connectivity index (χ2v) is 6.62. The normalized spacial score (nSPS) is 30.8. The molecule has 0 aromatic rings. The van der Waals surface area contributed by atoms with Gasteiger partial charge in [0.2, 0.25) is 0 Å². The monoisotopic (exact) mass is 294 g/mol. The van der Waals surface area contributed by atoms with Gasteiger partial charge in [-0.15, -0.1) is 0 Å². The van der Waals surface area contributed by atoms with Gasteiger partial charge < -0.3 is 20.3 Å². The van der Waals surface area contributed by atoms with Gasteiger partial charge >= 0.3 is 0 Å². The van der Waals surface area contributed by atoms with Crippen molar-refractivity contribution in [3.8, 4) is 0 Å². The van der Waals surface area contributed by atoms with Gasteiger partial charge in [0.1, 0.15) is 0 Å². The van der Waals surface area contributed by atoms with Gasteiger partial charge in [0.05, 0.1) is 6.10 Å². The molecule has 0 bridgehead atoms. The van der Waals surface area contributed by atoms with Crippen molar-refractivity contribution in [3.05, 3.63) is 0 Å².